The number of carbonyl (C=O) groups excluding carboxylic acids is 2. The lowest BCUT2D eigenvalue weighted by molar-refractivity contribution is -0.129. The van der Waals surface area contributed by atoms with Gasteiger partial charge in [0.2, 0.25) is 5.76 Å². The number of esters is 1. The van der Waals surface area contributed by atoms with Crippen LogP contribution in [-0.4, -0.2) is 24.0 Å². The van der Waals surface area contributed by atoms with Crippen LogP contribution in [0.4, 0.5) is 0 Å². The summed E-state index contributed by atoms with van der Waals surface area (Å²) in [6, 6.07) is 19.0. The van der Waals surface area contributed by atoms with E-state index in [1.807, 2.05) is 43.3 Å². The zero-order valence-corrected chi connectivity index (χ0v) is 15.5. The lowest BCUT2D eigenvalue weighted by atomic mass is 10.1. The van der Waals surface area contributed by atoms with Crippen molar-refractivity contribution in [1.82, 2.24) is 5.32 Å². The summed E-state index contributed by atoms with van der Waals surface area (Å²) >= 11 is 0. The normalized spacial score (nSPS) is 13.1. The minimum atomic E-state index is -0.898. The maximum absolute atomic E-state index is 12.3. The smallest absolute Gasteiger partial charge is 0.375 e. The van der Waals surface area contributed by atoms with Crippen molar-refractivity contribution in [2.75, 3.05) is 0 Å². The minimum Gasteiger partial charge on any atom is -0.449 e. The molecule has 0 saturated heterocycles. The average Bonchev–Trinajstić information content (AvgIpc) is 3.11. The van der Waals surface area contributed by atoms with Gasteiger partial charge in [0, 0.05) is 11.4 Å². The van der Waals surface area contributed by atoms with Gasteiger partial charge in [-0.3, -0.25) is 4.79 Å². The molecule has 3 aromatic rings. The summed E-state index contributed by atoms with van der Waals surface area (Å²) < 4.78 is 10.7. The summed E-state index contributed by atoms with van der Waals surface area (Å²) in [5.74, 6) is -0.876. The first-order valence-corrected chi connectivity index (χ1v) is 9.07. The molecular formula is C22H23NO4. The van der Waals surface area contributed by atoms with E-state index in [1.165, 1.54) is 5.56 Å². The van der Waals surface area contributed by atoms with Crippen molar-refractivity contribution in [2.45, 2.75) is 38.8 Å². The van der Waals surface area contributed by atoms with Gasteiger partial charge in [-0.15, -0.1) is 0 Å². The first kappa shape index (κ1) is 18.7. The number of fused-ring (bicyclic) bond motifs is 1. The van der Waals surface area contributed by atoms with E-state index >= 15 is 0 Å². The summed E-state index contributed by atoms with van der Waals surface area (Å²) in [4.78, 5) is 24.5. The Balaban J connectivity index is 1.49. The topological polar surface area (TPSA) is 68.5 Å². The summed E-state index contributed by atoms with van der Waals surface area (Å²) in [7, 11) is 0. The fourth-order valence-corrected chi connectivity index (χ4v) is 2.81. The molecule has 0 radical (unpaired) electrons. The van der Waals surface area contributed by atoms with Gasteiger partial charge < -0.3 is 14.5 Å². The molecule has 0 fully saturated rings. The van der Waals surface area contributed by atoms with Gasteiger partial charge in [-0.1, -0.05) is 48.5 Å². The molecular weight excluding hydrogens is 342 g/mol. The predicted octanol–water partition coefficient (Wildman–Crippen LogP) is 4.12. The molecule has 27 heavy (non-hydrogen) atoms. The molecule has 0 unspecified atom stereocenters. The number of aryl methyl sites for hydroxylation is 1. The number of nitrogens with one attached hydrogen (secondary N) is 1. The van der Waals surface area contributed by atoms with Crippen LogP contribution < -0.4 is 5.32 Å². The Morgan fingerprint density at radius 1 is 1.04 bits per heavy atom. The fourth-order valence-electron chi connectivity index (χ4n) is 2.81. The van der Waals surface area contributed by atoms with E-state index in [0.717, 1.165) is 18.2 Å². The molecule has 1 heterocycles. The zero-order chi connectivity index (χ0) is 19.2. The van der Waals surface area contributed by atoms with Crippen LogP contribution in [0.15, 0.2) is 65.1 Å². The Kier molecular flexibility index (Phi) is 5.91. The molecule has 5 nitrogen and oxygen atoms in total. The number of benzene rings is 2. The molecule has 0 aliphatic rings. The summed E-state index contributed by atoms with van der Waals surface area (Å²) in [6.45, 7) is 3.49. The molecule has 0 aliphatic carbocycles. The van der Waals surface area contributed by atoms with Crippen LogP contribution in [0.2, 0.25) is 0 Å². The summed E-state index contributed by atoms with van der Waals surface area (Å²) in [5.41, 5.74) is 1.83. The van der Waals surface area contributed by atoms with Gasteiger partial charge in [0.25, 0.3) is 5.91 Å². The van der Waals surface area contributed by atoms with Crippen LogP contribution in [0.1, 0.15) is 36.4 Å². The molecule has 1 aromatic heterocycles. The first-order valence-electron chi connectivity index (χ1n) is 9.07. The number of carbonyl (C=O) groups is 2. The van der Waals surface area contributed by atoms with Crippen LogP contribution in [0.25, 0.3) is 11.0 Å². The van der Waals surface area contributed by atoms with E-state index in [0.29, 0.717) is 5.58 Å². The third kappa shape index (κ3) is 4.97. The minimum absolute atomic E-state index is 0.0231. The van der Waals surface area contributed by atoms with Gasteiger partial charge in [-0.05, 0) is 44.4 Å². The van der Waals surface area contributed by atoms with Gasteiger partial charge in [-0.25, -0.2) is 4.79 Å². The van der Waals surface area contributed by atoms with E-state index in [2.05, 4.69) is 17.4 Å². The zero-order valence-electron chi connectivity index (χ0n) is 15.5. The van der Waals surface area contributed by atoms with Crippen LogP contribution in [0.3, 0.4) is 0 Å². The number of hydrogen-bond donors (Lipinski definition) is 1. The van der Waals surface area contributed by atoms with Gasteiger partial charge in [-0.2, -0.15) is 0 Å². The quantitative estimate of drug-likeness (QED) is 0.640. The van der Waals surface area contributed by atoms with Crippen LogP contribution >= 0.6 is 0 Å². The van der Waals surface area contributed by atoms with Gasteiger partial charge in [0.15, 0.2) is 6.10 Å². The van der Waals surface area contributed by atoms with Gasteiger partial charge in [0.05, 0.1) is 0 Å². The van der Waals surface area contributed by atoms with Crippen molar-refractivity contribution < 1.29 is 18.7 Å². The lowest BCUT2D eigenvalue weighted by Crippen LogP contribution is -2.41. The van der Waals surface area contributed by atoms with E-state index in [9.17, 15) is 9.59 Å². The second-order valence-corrected chi connectivity index (χ2v) is 6.63. The summed E-state index contributed by atoms with van der Waals surface area (Å²) in [5, 5.41) is 3.70. The second-order valence-electron chi connectivity index (χ2n) is 6.63. The largest absolute Gasteiger partial charge is 0.449 e. The number of amides is 1. The van der Waals surface area contributed by atoms with Gasteiger partial charge >= 0.3 is 5.97 Å². The monoisotopic (exact) mass is 365 g/mol. The Bertz CT molecular complexity index is 883. The van der Waals surface area contributed by atoms with Crippen molar-refractivity contribution in [3.8, 4) is 0 Å². The molecule has 0 saturated carbocycles. The fraction of sp³-hybridized carbons (Fsp3) is 0.273. The third-order valence-corrected chi connectivity index (χ3v) is 4.38. The summed E-state index contributed by atoms with van der Waals surface area (Å²) in [6.07, 6.45) is 0.778. The van der Waals surface area contributed by atoms with E-state index in [1.54, 1.807) is 19.1 Å². The number of rotatable bonds is 7. The highest BCUT2D eigenvalue weighted by atomic mass is 16.6. The molecule has 1 N–H and O–H groups in total. The Labute approximate surface area is 158 Å². The predicted molar refractivity (Wildman–Crippen MR) is 103 cm³/mol. The Morgan fingerprint density at radius 2 is 1.74 bits per heavy atom. The molecule has 0 aliphatic heterocycles. The van der Waals surface area contributed by atoms with Crippen LogP contribution in [-0.2, 0) is 16.0 Å². The highest BCUT2D eigenvalue weighted by Gasteiger charge is 2.22. The molecule has 1 amide bonds. The third-order valence-electron chi connectivity index (χ3n) is 4.38. The Morgan fingerprint density at radius 3 is 2.48 bits per heavy atom. The number of ether oxygens (including phenoxy) is 1. The first-order chi connectivity index (χ1) is 13.0. The number of furan rings is 1. The lowest BCUT2D eigenvalue weighted by Gasteiger charge is -2.17. The van der Waals surface area contributed by atoms with Gasteiger partial charge in [0.1, 0.15) is 5.58 Å². The molecule has 140 valence electrons. The average molecular weight is 365 g/mol. The van der Waals surface area contributed by atoms with E-state index in [-0.39, 0.29) is 17.7 Å². The SMILES string of the molecule is C[C@@H](CCc1ccccc1)NC(=O)[C@@H](C)OC(=O)c1cc2ccccc2o1. The van der Waals surface area contributed by atoms with Crippen molar-refractivity contribution in [3.05, 3.63) is 72.0 Å². The van der Waals surface area contributed by atoms with Crippen molar-refractivity contribution >= 4 is 22.8 Å². The maximum Gasteiger partial charge on any atom is 0.375 e. The Hall–Kier alpha value is -3.08. The maximum atomic E-state index is 12.3. The molecule has 2 atom stereocenters. The number of para-hydroxylation sites is 1. The van der Waals surface area contributed by atoms with Crippen molar-refractivity contribution in [3.63, 3.8) is 0 Å². The van der Waals surface area contributed by atoms with Crippen LogP contribution in [0, 0.1) is 0 Å². The molecule has 0 bridgehead atoms. The molecule has 2 aromatic carbocycles. The van der Waals surface area contributed by atoms with Crippen molar-refractivity contribution in [1.29, 1.82) is 0 Å². The molecule has 5 heteroatoms. The van der Waals surface area contributed by atoms with E-state index in [4.69, 9.17) is 9.15 Å². The highest BCUT2D eigenvalue weighted by molar-refractivity contribution is 5.94. The standard InChI is InChI=1S/C22H23NO4/c1-15(12-13-17-8-4-3-5-9-17)23-21(24)16(2)26-22(25)20-14-18-10-6-7-11-19(18)27-20/h3-11,14-16H,12-13H2,1-2H3,(H,23,24)/t15-,16+/m0/s1. The molecule has 0 spiro atoms. The van der Waals surface area contributed by atoms with Crippen molar-refractivity contribution in [2.24, 2.45) is 0 Å². The highest BCUT2D eigenvalue weighted by Crippen LogP contribution is 2.19. The van der Waals surface area contributed by atoms with E-state index < -0.39 is 12.1 Å². The number of hydrogen-bond acceptors (Lipinski definition) is 4. The van der Waals surface area contributed by atoms with Crippen LogP contribution in [0.5, 0.6) is 0 Å². The second kappa shape index (κ2) is 8.54. The molecule has 3 rings (SSSR count).